The lowest BCUT2D eigenvalue weighted by Crippen LogP contribution is -2.53. The number of halogens is 1. The predicted octanol–water partition coefficient (Wildman–Crippen LogP) is 1.07. The zero-order valence-corrected chi connectivity index (χ0v) is 11.4. The van der Waals surface area contributed by atoms with Crippen LogP contribution in [0, 0.1) is 6.92 Å². The molecule has 1 fully saturated rings. The number of amides is 2. The maximum absolute atomic E-state index is 11.8. The van der Waals surface area contributed by atoms with Crippen LogP contribution in [0.1, 0.15) is 12.0 Å². The normalized spacial score (nSPS) is 18.8. The molecular formula is C13H16ClN3O2. The molecule has 0 spiro atoms. The van der Waals surface area contributed by atoms with Crippen molar-refractivity contribution in [2.45, 2.75) is 19.4 Å². The molecule has 0 unspecified atom stereocenters. The molecule has 5 nitrogen and oxygen atoms in total. The highest BCUT2D eigenvalue weighted by Crippen LogP contribution is 2.20. The summed E-state index contributed by atoms with van der Waals surface area (Å²) >= 11 is 5.98. The van der Waals surface area contributed by atoms with E-state index in [1.807, 2.05) is 13.0 Å². The molecule has 0 saturated carbocycles. The molecule has 1 aromatic carbocycles. The molecule has 1 aliphatic rings. The Morgan fingerprint density at radius 1 is 1.47 bits per heavy atom. The Hall–Kier alpha value is -1.59. The molecule has 2 amide bonds. The van der Waals surface area contributed by atoms with Gasteiger partial charge >= 0.3 is 0 Å². The topological polar surface area (TPSA) is 70.2 Å². The minimum Gasteiger partial charge on any atom is -0.353 e. The molecule has 0 aliphatic carbocycles. The average Bonchev–Trinajstić information content (AvgIpc) is 2.37. The van der Waals surface area contributed by atoms with E-state index >= 15 is 0 Å². The van der Waals surface area contributed by atoms with E-state index in [4.69, 9.17) is 11.6 Å². The van der Waals surface area contributed by atoms with Crippen molar-refractivity contribution in [3.05, 3.63) is 28.8 Å². The maximum atomic E-state index is 11.8. The van der Waals surface area contributed by atoms with E-state index in [0.29, 0.717) is 23.8 Å². The zero-order valence-electron chi connectivity index (χ0n) is 10.6. The van der Waals surface area contributed by atoms with E-state index in [-0.39, 0.29) is 18.2 Å². The third kappa shape index (κ3) is 3.68. The lowest BCUT2D eigenvalue weighted by molar-refractivity contribution is -0.127. The smallest absolute Gasteiger partial charge is 0.237 e. The Kier molecular flexibility index (Phi) is 4.39. The number of carbonyl (C=O) groups excluding carboxylic acids is 2. The number of benzene rings is 1. The predicted molar refractivity (Wildman–Crippen MR) is 74.2 cm³/mol. The van der Waals surface area contributed by atoms with Crippen molar-refractivity contribution in [1.82, 2.24) is 10.6 Å². The van der Waals surface area contributed by atoms with E-state index < -0.39 is 6.04 Å². The molecule has 0 bridgehead atoms. The van der Waals surface area contributed by atoms with Crippen molar-refractivity contribution < 1.29 is 9.59 Å². The standard InChI is InChI=1S/C13H16ClN3O2/c1-8-2-3-9(6-10(8)14)17-12(18)7-11-13(19)16-5-4-15-11/h2-3,6,11,15H,4-5,7H2,1H3,(H,16,19)(H,17,18)/t11-/m0/s1. The SMILES string of the molecule is Cc1ccc(NC(=O)C[C@@H]2NCCNC2=O)cc1Cl. The fraction of sp³-hybridized carbons (Fsp3) is 0.385. The largest absolute Gasteiger partial charge is 0.353 e. The fourth-order valence-corrected chi connectivity index (χ4v) is 2.06. The average molecular weight is 282 g/mol. The summed E-state index contributed by atoms with van der Waals surface area (Å²) in [4.78, 5) is 23.4. The van der Waals surface area contributed by atoms with Gasteiger partial charge in [-0.05, 0) is 24.6 Å². The molecule has 2 rings (SSSR count). The van der Waals surface area contributed by atoms with Crippen LogP contribution in [0.5, 0.6) is 0 Å². The van der Waals surface area contributed by atoms with Crippen LogP contribution in [0.3, 0.4) is 0 Å². The van der Waals surface area contributed by atoms with Crippen LogP contribution in [0.2, 0.25) is 5.02 Å². The van der Waals surface area contributed by atoms with Gasteiger partial charge in [-0.1, -0.05) is 17.7 Å². The summed E-state index contributed by atoms with van der Waals surface area (Å²) < 4.78 is 0. The van der Waals surface area contributed by atoms with Gasteiger partial charge in [0.1, 0.15) is 0 Å². The Labute approximate surface area is 116 Å². The second-order valence-corrected chi connectivity index (χ2v) is 4.92. The fourth-order valence-electron chi connectivity index (χ4n) is 1.88. The second kappa shape index (κ2) is 6.04. The van der Waals surface area contributed by atoms with Crippen LogP contribution >= 0.6 is 11.6 Å². The third-order valence-corrected chi connectivity index (χ3v) is 3.38. The first-order valence-corrected chi connectivity index (χ1v) is 6.51. The summed E-state index contributed by atoms with van der Waals surface area (Å²) in [6.45, 7) is 3.18. The van der Waals surface area contributed by atoms with Crippen molar-refractivity contribution in [2.75, 3.05) is 18.4 Å². The van der Waals surface area contributed by atoms with Gasteiger partial charge in [-0.25, -0.2) is 0 Å². The molecule has 6 heteroatoms. The number of aryl methyl sites for hydroxylation is 1. The molecule has 1 heterocycles. The van der Waals surface area contributed by atoms with Crippen LogP contribution in [0.15, 0.2) is 18.2 Å². The van der Waals surface area contributed by atoms with Crippen LogP contribution < -0.4 is 16.0 Å². The van der Waals surface area contributed by atoms with Gasteiger partial charge in [0.15, 0.2) is 0 Å². The maximum Gasteiger partial charge on any atom is 0.237 e. The van der Waals surface area contributed by atoms with Crippen LogP contribution in [-0.4, -0.2) is 30.9 Å². The summed E-state index contributed by atoms with van der Waals surface area (Å²) in [5.74, 6) is -0.349. The summed E-state index contributed by atoms with van der Waals surface area (Å²) in [5.41, 5.74) is 1.59. The third-order valence-electron chi connectivity index (χ3n) is 2.98. The van der Waals surface area contributed by atoms with Crippen molar-refractivity contribution >= 4 is 29.1 Å². The number of piperazine rings is 1. The first-order chi connectivity index (χ1) is 9.06. The quantitative estimate of drug-likeness (QED) is 0.776. The highest BCUT2D eigenvalue weighted by Gasteiger charge is 2.23. The van der Waals surface area contributed by atoms with E-state index in [0.717, 1.165) is 5.56 Å². The molecule has 1 aromatic rings. The van der Waals surface area contributed by atoms with Gasteiger partial charge in [0.05, 0.1) is 12.5 Å². The summed E-state index contributed by atoms with van der Waals surface area (Å²) in [6.07, 6.45) is 0.108. The molecule has 3 N–H and O–H groups in total. The second-order valence-electron chi connectivity index (χ2n) is 4.51. The number of hydrogen-bond acceptors (Lipinski definition) is 3. The number of nitrogens with one attached hydrogen (secondary N) is 3. The minimum atomic E-state index is -0.463. The lowest BCUT2D eigenvalue weighted by Gasteiger charge is -2.22. The Morgan fingerprint density at radius 2 is 2.26 bits per heavy atom. The van der Waals surface area contributed by atoms with Gasteiger partial charge in [-0.15, -0.1) is 0 Å². The van der Waals surface area contributed by atoms with Crippen LogP contribution in [-0.2, 0) is 9.59 Å². The summed E-state index contributed by atoms with van der Waals surface area (Å²) in [5, 5.41) is 9.06. The number of carbonyl (C=O) groups is 2. The van der Waals surface area contributed by atoms with Gasteiger partial charge in [0.25, 0.3) is 0 Å². The van der Waals surface area contributed by atoms with Gasteiger partial charge in [-0.3, -0.25) is 9.59 Å². The van der Waals surface area contributed by atoms with Gasteiger partial charge in [0.2, 0.25) is 11.8 Å². The van der Waals surface area contributed by atoms with Crippen LogP contribution in [0.4, 0.5) is 5.69 Å². The molecule has 0 aromatic heterocycles. The van der Waals surface area contributed by atoms with Crippen LogP contribution in [0.25, 0.3) is 0 Å². The Balaban J connectivity index is 1.93. The lowest BCUT2D eigenvalue weighted by atomic mass is 10.1. The molecular weight excluding hydrogens is 266 g/mol. The van der Waals surface area contributed by atoms with Gasteiger partial charge < -0.3 is 16.0 Å². The minimum absolute atomic E-state index is 0.108. The number of anilines is 1. The summed E-state index contributed by atoms with van der Waals surface area (Å²) in [6, 6.07) is 4.86. The molecule has 0 radical (unpaired) electrons. The van der Waals surface area contributed by atoms with Crippen molar-refractivity contribution in [1.29, 1.82) is 0 Å². The molecule has 102 valence electrons. The van der Waals surface area contributed by atoms with Gasteiger partial charge in [-0.2, -0.15) is 0 Å². The Morgan fingerprint density at radius 3 is 2.95 bits per heavy atom. The Bertz CT molecular complexity index is 505. The molecule has 19 heavy (non-hydrogen) atoms. The highest BCUT2D eigenvalue weighted by molar-refractivity contribution is 6.31. The molecule has 1 atom stereocenters. The molecule has 1 saturated heterocycles. The highest BCUT2D eigenvalue weighted by atomic mass is 35.5. The van der Waals surface area contributed by atoms with Gasteiger partial charge in [0, 0.05) is 23.8 Å². The van der Waals surface area contributed by atoms with E-state index in [2.05, 4.69) is 16.0 Å². The van der Waals surface area contributed by atoms with Crippen molar-refractivity contribution in [3.63, 3.8) is 0 Å². The molecule has 1 aliphatic heterocycles. The number of hydrogen-bond donors (Lipinski definition) is 3. The summed E-state index contributed by atoms with van der Waals surface area (Å²) in [7, 11) is 0. The zero-order chi connectivity index (χ0) is 13.8. The first kappa shape index (κ1) is 13.8. The van der Waals surface area contributed by atoms with E-state index in [9.17, 15) is 9.59 Å². The van der Waals surface area contributed by atoms with E-state index in [1.165, 1.54) is 0 Å². The van der Waals surface area contributed by atoms with Crippen molar-refractivity contribution in [2.24, 2.45) is 0 Å². The number of rotatable bonds is 3. The van der Waals surface area contributed by atoms with E-state index in [1.54, 1.807) is 12.1 Å². The first-order valence-electron chi connectivity index (χ1n) is 6.13. The monoisotopic (exact) mass is 281 g/mol. The van der Waals surface area contributed by atoms with Crippen molar-refractivity contribution in [3.8, 4) is 0 Å².